The van der Waals surface area contributed by atoms with Gasteiger partial charge in [0, 0.05) is 23.7 Å². The second-order valence-electron chi connectivity index (χ2n) is 9.36. The summed E-state index contributed by atoms with van der Waals surface area (Å²) in [5.41, 5.74) is 4.27. The normalized spacial score (nSPS) is 15.1. The van der Waals surface area contributed by atoms with Crippen molar-refractivity contribution in [3.8, 4) is 17.3 Å². The average molecular weight is 516 g/mol. The molecule has 1 fully saturated rings. The van der Waals surface area contributed by atoms with Crippen molar-refractivity contribution in [1.29, 1.82) is 0 Å². The van der Waals surface area contributed by atoms with E-state index in [0.29, 0.717) is 35.3 Å². The highest BCUT2D eigenvalue weighted by molar-refractivity contribution is 6.30. The van der Waals surface area contributed by atoms with E-state index in [9.17, 15) is 4.79 Å². The summed E-state index contributed by atoms with van der Waals surface area (Å²) in [5, 5.41) is 5.45. The lowest BCUT2D eigenvalue weighted by Crippen LogP contribution is -2.37. The largest absolute Gasteiger partial charge is 0.439 e. The minimum Gasteiger partial charge on any atom is -0.439 e. The Labute approximate surface area is 222 Å². The van der Waals surface area contributed by atoms with E-state index in [1.165, 1.54) is 0 Å². The molecule has 1 aliphatic heterocycles. The predicted molar refractivity (Wildman–Crippen MR) is 145 cm³/mol. The molecule has 6 nitrogen and oxygen atoms in total. The fourth-order valence-corrected chi connectivity index (χ4v) is 4.63. The summed E-state index contributed by atoms with van der Waals surface area (Å²) in [6, 6.07) is 24.8. The smallest absolute Gasteiger partial charge is 0.254 e. The number of para-hydroxylation sites is 1. The van der Waals surface area contributed by atoms with Crippen molar-refractivity contribution in [2.24, 2.45) is 0 Å². The molecular formula is C30H30ClN3O3. The first-order valence-corrected chi connectivity index (χ1v) is 12.9. The zero-order chi connectivity index (χ0) is 25.8. The Kier molecular flexibility index (Phi) is 7.58. The monoisotopic (exact) mass is 515 g/mol. The average Bonchev–Trinajstić information content (AvgIpc) is 3.54. The van der Waals surface area contributed by atoms with E-state index in [4.69, 9.17) is 26.2 Å². The van der Waals surface area contributed by atoms with Gasteiger partial charge < -0.3 is 14.4 Å². The summed E-state index contributed by atoms with van der Waals surface area (Å²) < 4.78 is 14.1. The number of hydrogen-bond donors (Lipinski definition) is 0. The van der Waals surface area contributed by atoms with Gasteiger partial charge in [0.2, 0.25) is 5.88 Å². The van der Waals surface area contributed by atoms with Crippen LogP contribution < -0.4 is 4.74 Å². The van der Waals surface area contributed by atoms with Gasteiger partial charge in [0.15, 0.2) is 0 Å². The van der Waals surface area contributed by atoms with Crippen LogP contribution in [0.2, 0.25) is 5.02 Å². The number of hydrogen-bond acceptors (Lipinski definition) is 4. The number of aryl methyl sites for hydroxylation is 2. The van der Waals surface area contributed by atoms with E-state index in [2.05, 4.69) is 0 Å². The van der Waals surface area contributed by atoms with Gasteiger partial charge in [0.25, 0.3) is 5.91 Å². The Morgan fingerprint density at radius 2 is 1.78 bits per heavy atom. The van der Waals surface area contributed by atoms with Gasteiger partial charge in [-0.05, 0) is 75.2 Å². The van der Waals surface area contributed by atoms with Crippen molar-refractivity contribution < 1.29 is 14.3 Å². The van der Waals surface area contributed by atoms with Crippen LogP contribution in [0, 0.1) is 13.8 Å². The van der Waals surface area contributed by atoms with Gasteiger partial charge in [-0.3, -0.25) is 4.79 Å². The van der Waals surface area contributed by atoms with Gasteiger partial charge >= 0.3 is 0 Å². The molecule has 5 rings (SSSR count). The second-order valence-corrected chi connectivity index (χ2v) is 9.80. The van der Waals surface area contributed by atoms with Gasteiger partial charge in [0.1, 0.15) is 5.75 Å². The molecule has 1 aliphatic rings. The fraction of sp³-hybridized carbons (Fsp3) is 0.267. The summed E-state index contributed by atoms with van der Waals surface area (Å²) in [7, 11) is 0. The first-order valence-electron chi connectivity index (χ1n) is 12.5. The van der Waals surface area contributed by atoms with Gasteiger partial charge in [-0.15, -0.1) is 0 Å². The molecule has 2 heterocycles. The van der Waals surface area contributed by atoms with Crippen LogP contribution in [0.1, 0.15) is 40.0 Å². The number of amides is 1. The second kappa shape index (κ2) is 11.2. The summed E-state index contributed by atoms with van der Waals surface area (Å²) in [4.78, 5) is 15.6. The number of nitrogens with zero attached hydrogens (tertiary/aromatic N) is 3. The molecule has 1 unspecified atom stereocenters. The maximum absolute atomic E-state index is 13.7. The minimum absolute atomic E-state index is 0.0134. The van der Waals surface area contributed by atoms with Crippen molar-refractivity contribution in [2.75, 3.05) is 13.2 Å². The first kappa shape index (κ1) is 25.1. The minimum atomic E-state index is -0.0418. The number of rotatable bonds is 8. The van der Waals surface area contributed by atoms with Crippen LogP contribution in [-0.2, 0) is 11.3 Å². The quantitative estimate of drug-likeness (QED) is 0.260. The van der Waals surface area contributed by atoms with Crippen LogP contribution >= 0.6 is 11.6 Å². The first-order chi connectivity index (χ1) is 18.0. The maximum atomic E-state index is 13.7. The molecule has 0 spiro atoms. The van der Waals surface area contributed by atoms with Crippen molar-refractivity contribution in [3.63, 3.8) is 0 Å². The molecule has 1 amide bonds. The highest BCUT2D eigenvalue weighted by Crippen LogP contribution is 2.33. The number of benzene rings is 3. The van der Waals surface area contributed by atoms with Crippen LogP contribution in [0.25, 0.3) is 5.69 Å². The highest BCUT2D eigenvalue weighted by Gasteiger charge is 2.28. The molecule has 37 heavy (non-hydrogen) atoms. The molecule has 4 aromatic rings. The number of ether oxygens (including phenoxy) is 2. The third-order valence-corrected chi connectivity index (χ3v) is 6.80. The van der Waals surface area contributed by atoms with E-state index in [1.54, 1.807) is 16.8 Å². The van der Waals surface area contributed by atoms with Crippen molar-refractivity contribution in [3.05, 3.63) is 106 Å². The van der Waals surface area contributed by atoms with Crippen molar-refractivity contribution in [1.82, 2.24) is 14.7 Å². The van der Waals surface area contributed by atoms with Crippen molar-refractivity contribution in [2.45, 2.75) is 39.3 Å². The van der Waals surface area contributed by atoms with Crippen LogP contribution in [0.15, 0.2) is 78.9 Å². The molecule has 1 saturated heterocycles. The van der Waals surface area contributed by atoms with E-state index in [-0.39, 0.29) is 12.0 Å². The lowest BCUT2D eigenvalue weighted by Gasteiger charge is -2.26. The third-order valence-electron chi connectivity index (χ3n) is 6.55. The molecule has 3 aromatic carbocycles. The zero-order valence-electron chi connectivity index (χ0n) is 21.1. The Balaban J connectivity index is 1.54. The number of aromatic nitrogens is 2. The van der Waals surface area contributed by atoms with Crippen LogP contribution in [0.3, 0.4) is 0 Å². The standard InChI is InChI=1S/C30H30ClN3O3/c1-21-10-12-23(13-11-21)29(35)33(19-27-9-6-18-36-27)20-28-22(2)32-34(25-7-4-3-5-8-25)30(28)37-26-16-14-24(31)15-17-26/h3-5,7-8,10-17,27H,6,9,18-20H2,1-2H3. The zero-order valence-corrected chi connectivity index (χ0v) is 21.8. The maximum Gasteiger partial charge on any atom is 0.254 e. The molecule has 190 valence electrons. The summed E-state index contributed by atoms with van der Waals surface area (Å²) in [6.07, 6.45) is 1.96. The van der Waals surface area contributed by atoms with Gasteiger partial charge in [-0.25, -0.2) is 4.68 Å². The lowest BCUT2D eigenvalue weighted by atomic mass is 10.1. The van der Waals surface area contributed by atoms with E-state index in [1.807, 2.05) is 85.5 Å². The summed E-state index contributed by atoms with van der Waals surface area (Å²) in [6.45, 7) is 5.54. The number of carbonyl (C=O) groups excluding carboxylic acids is 1. The Morgan fingerprint density at radius 3 is 2.46 bits per heavy atom. The molecular weight excluding hydrogens is 486 g/mol. The molecule has 0 radical (unpaired) electrons. The van der Waals surface area contributed by atoms with Gasteiger partial charge in [0.05, 0.1) is 29.6 Å². The fourth-order valence-electron chi connectivity index (χ4n) is 4.51. The highest BCUT2D eigenvalue weighted by atomic mass is 35.5. The molecule has 0 saturated carbocycles. The van der Waals surface area contributed by atoms with Gasteiger partial charge in [-0.1, -0.05) is 47.5 Å². The summed E-state index contributed by atoms with van der Waals surface area (Å²) >= 11 is 6.10. The topological polar surface area (TPSA) is 56.6 Å². The Morgan fingerprint density at radius 1 is 1.05 bits per heavy atom. The Bertz CT molecular complexity index is 1350. The third kappa shape index (κ3) is 5.87. The van der Waals surface area contributed by atoms with Crippen molar-refractivity contribution >= 4 is 17.5 Å². The number of carbonyl (C=O) groups is 1. The lowest BCUT2D eigenvalue weighted by molar-refractivity contribution is 0.0505. The van der Waals surface area contributed by atoms with Gasteiger partial charge in [-0.2, -0.15) is 5.10 Å². The van der Waals surface area contributed by atoms with E-state index >= 15 is 0 Å². The molecule has 1 atom stereocenters. The SMILES string of the molecule is Cc1ccc(C(=O)N(Cc2c(C)nn(-c3ccccc3)c2Oc2ccc(Cl)cc2)CC2CCCO2)cc1. The predicted octanol–water partition coefficient (Wildman–Crippen LogP) is 6.76. The number of halogens is 1. The molecule has 1 aromatic heterocycles. The summed E-state index contributed by atoms with van der Waals surface area (Å²) in [5.74, 6) is 1.16. The molecule has 0 bridgehead atoms. The van der Waals surface area contributed by atoms with E-state index in [0.717, 1.165) is 42.0 Å². The molecule has 7 heteroatoms. The van der Waals surface area contributed by atoms with Crippen LogP contribution in [-0.4, -0.2) is 39.8 Å². The molecule has 0 N–H and O–H groups in total. The Hall–Kier alpha value is -3.61. The van der Waals surface area contributed by atoms with Crippen LogP contribution in [0.4, 0.5) is 0 Å². The molecule has 0 aliphatic carbocycles. The van der Waals surface area contributed by atoms with Crippen LogP contribution in [0.5, 0.6) is 11.6 Å². The van der Waals surface area contributed by atoms with E-state index < -0.39 is 0 Å².